The van der Waals surface area contributed by atoms with Crippen LogP contribution in [0.1, 0.15) is 22.3 Å². The van der Waals surface area contributed by atoms with Gasteiger partial charge in [-0.05, 0) is 58.4 Å². The van der Waals surface area contributed by atoms with E-state index in [2.05, 4.69) is 70.6 Å². The number of fused-ring (bicyclic) bond motifs is 3. The first-order chi connectivity index (χ1) is 13.4. The summed E-state index contributed by atoms with van der Waals surface area (Å²) < 4.78 is 0. The first-order valence-corrected chi connectivity index (χ1v) is 9.34. The molecule has 0 bridgehead atoms. The zero-order valence-corrected chi connectivity index (χ0v) is 15.0. The third kappa shape index (κ3) is 2.65. The van der Waals surface area contributed by atoms with E-state index >= 15 is 0 Å². The first kappa shape index (κ1) is 16.0. The average Bonchev–Trinajstić information content (AvgIpc) is 3.00. The largest absolute Gasteiger partial charge is 0.264 e. The summed E-state index contributed by atoms with van der Waals surface area (Å²) in [5, 5.41) is 0. The maximum Gasteiger partial charge on any atom is 0.0300 e. The van der Waals surface area contributed by atoms with Crippen LogP contribution in [0.2, 0.25) is 0 Å². The summed E-state index contributed by atoms with van der Waals surface area (Å²) in [5.74, 6) is 0. The van der Waals surface area contributed by atoms with Crippen molar-refractivity contribution in [1.82, 2.24) is 9.97 Å². The van der Waals surface area contributed by atoms with Crippen LogP contribution in [0.5, 0.6) is 0 Å². The van der Waals surface area contributed by atoms with Crippen LogP contribution in [0.4, 0.5) is 0 Å². The van der Waals surface area contributed by atoms with Crippen LogP contribution in [-0.4, -0.2) is 9.97 Å². The van der Waals surface area contributed by atoms with Gasteiger partial charge in [0.1, 0.15) is 0 Å². The fraction of sp³-hybridized carbons (Fsp3) is 0.120. The fourth-order valence-corrected chi connectivity index (χ4v) is 4.56. The highest BCUT2D eigenvalue weighted by Gasteiger charge is 2.43. The smallest absolute Gasteiger partial charge is 0.0300 e. The molecular formula is C25H20N2. The van der Waals surface area contributed by atoms with Crippen molar-refractivity contribution < 1.29 is 0 Å². The normalized spacial score (nSPS) is 13.8. The molecule has 0 saturated carbocycles. The van der Waals surface area contributed by atoms with Crippen LogP contribution in [0.25, 0.3) is 11.1 Å². The summed E-state index contributed by atoms with van der Waals surface area (Å²) in [6.45, 7) is 0. The van der Waals surface area contributed by atoms with Gasteiger partial charge in [0, 0.05) is 30.2 Å². The van der Waals surface area contributed by atoms with Gasteiger partial charge in [-0.25, -0.2) is 0 Å². The third-order valence-electron chi connectivity index (χ3n) is 5.63. The maximum atomic E-state index is 4.36. The zero-order chi connectivity index (χ0) is 18.1. The van der Waals surface area contributed by atoms with Crippen LogP contribution >= 0.6 is 0 Å². The second kappa shape index (κ2) is 6.48. The molecule has 2 aromatic carbocycles. The Morgan fingerprint density at radius 1 is 0.556 bits per heavy atom. The van der Waals surface area contributed by atoms with E-state index in [1.165, 1.54) is 33.4 Å². The number of pyridine rings is 2. The van der Waals surface area contributed by atoms with E-state index in [4.69, 9.17) is 0 Å². The van der Waals surface area contributed by atoms with Crippen LogP contribution in [-0.2, 0) is 18.3 Å². The number of rotatable bonds is 4. The summed E-state index contributed by atoms with van der Waals surface area (Å²) in [6, 6.07) is 26.1. The monoisotopic (exact) mass is 348 g/mol. The van der Waals surface area contributed by atoms with E-state index in [9.17, 15) is 0 Å². The predicted octanol–water partition coefficient (Wildman–Crippen LogP) is 5.23. The molecule has 1 aliphatic carbocycles. The van der Waals surface area contributed by atoms with Gasteiger partial charge < -0.3 is 0 Å². The molecule has 0 saturated heterocycles. The fourth-order valence-electron chi connectivity index (χ4n) is 4.56. The number of hydrogen-bond donors (Lipinski definition) is 0. The molecule has 0 atom stereocenters. The molecule has 0 radical (unpaired) electrons. The molecule has 0 aliphatic heterocycles. The first-order valence-electron chi connectivity index (χ1n) is 9.34. The van der Waals surface area contributed by atoms with Gasteiger partial charge >= 0.3 is 0 Å². The molecule has 0 unspecified atom stereocenters. The van der Waals surface area contributed by atoms with Crippen LogP contribution < -0.4 is 0 Å². The molecule has 130 valence electrons. The molecule has 0 spiro atoms. The van der Waals surface area contributed by atoms with E-state index in [1.807, 2.05) is 36.9 Å². The van der Waals surface area contributed by atoms with E-state index in [0.29, 0.717) is 0 Å². The summed E-state index contributed by atoms with van der Waals surface area (Å²) >= 11 is 0. The highest BCUT2D eigenvalue weighted by atomic mass is 14.6. The van der Waals surface area contributed by atoms with Crippen molar-refractivity contribution >= 4 is 0 Å². The third-order valence-corrected chi connectivity index (χ3v) is 5.63. The van der Waals surface area contributed by atoms with Crippen molar-refractivity contribution in [3.63, 3.8) is 0 Å². The van der Waals surface area contributed by atoms with Gasteiger partial charge in [0.05, 0.1) is 0 Å². The zero-order valence-electron chi connectivity index (χ0n) is 15.0. The lowest BCUT2D eigenvalue weighted by Crippen LogP contribution is -2.31. The van der Waals surface area contributed by atoms with E-state index in [0.717, 1.165) is 12.8 Å². The Labute approximate surface area is 159 Å². The van der Waals surface area contributed by atoms with Crippen LogP contribution in [0, 0.1) is 0 Å². The standard InChI is InChI=1S/C25H20N2/c1-3-11-23-21(9-1)22-10-2-4-12-24(22)25(23,15-19-7-5-13-26-17-19)16-20-8-6-14-27-18-20/h1-14,17-18H,15-16H2. The SMILES string of the molecule is c1cncc(CC2(Cc3cccnc3)c3ccccc3-c3ccccc32)c1. The number of hydrogen-bond acceptors (Lipinski definition) is 2. The van der Waals surface area contributed by atoms with Gasteiger partial charge in [-0.3, -0.25) is 9.97 Å². The minimum Gasteiger partial charge on any atom is -0.264 e. The molecule has 2 aromatic heterocycles. The quantitative estimate of drug-likeness (QED) is 0.505. The Hall–Kier alpha value is -3.26. The Kier molecular flexibility index (Phi) is 3.83. The van der Waals surface area contributed by atoms with Crippen LogP contribution in [0.15, 0.2) is 97.6 Å². The molecule has 2 nitrogen and oxygen atoms in total. The van der Waals surface area contributed by atoms with Crippen molar-refractivity contribution in [1.29, 1.82) is 0 Å². The molecule has 0 N–H and O–H groups in total. The summed E-state index contributed by atoms with van der Waals surface area (Å²) in [5.41, 5.74) is 7.90. The molecular weight excluding hydrogens is 328 g/mol. The van der Waals surface area contributed by atoms with Crippen molar-refractivity contribution in [2.24, 2.45) is 0 Å². The summed E-state index contributed by atoms with van der Waals surface area (Å²) in [7, 11) is 0. The van der Waals surface area contributed by atoms with Gasteiger partial charge in [-0.2, -0.15) is 0 Å². The Balaban J connectivity index is 1.75. The second-order valence-electron chi connectivity index (χ2n) is 7.25. The Bertz CT molecular complexity index is 982. The molecule has 2 heterocycles. The van der Waals surface area contributed by atoms with Gasteiger partial charge in [0.25, 0.3) is 0 Å². The summed E-state index contributed by atoms with van der Waals surface area (Å²) in [6.07, 6.45) is 9.51. The highest BCUT2D eigenvalue weighted by Crippen LogP contribution is 2.52. The van der Waals surface area contributed by atoms with E-state index < -0.39 is 0 Å². The Morgan fingerprint density at radius 3 is 1.48 bits per heavy atom. The van der Waals surface area contributed by atoms with Gasteiger partial charge in [-0.15, -0.1) is 0 Å². The van der Waals surface area contributed by atoms with Crippen molar-refractivity contribution in [2.75, 3.05) is 0 Å². The van der Waals surface area contributed by atoms with Crippen molar-refractivity contribution in [3.8, 4) is 11.1 Å². The lowest BCUT2D eigenvalue weighted by atomic mass is 9.70. The molecule has 2 heteroatoms. The van der Waals surface area contributed by atoms with E-state index in [1.54, 1.807) is 0 Å². The number of nitrogens with zero attached hydrogens (tertiary/aromatic N) is 2. The van der Waals surface area contributed by atoms with Gasteiger partial charge in [0.15, 0.2) is 0 Å². The molecule has 5 rings (SSSR count). The maximum absolute atomic E-state index is 4.36. The van der Waals surface area contributed by atoms with Gasteiger partial charge in [-0.1, -0.05) is 60.7 Å². The topological polar surface area (TPSA) is 25.8 Å². The van der Waals surface area contributed by atoms with Crippen molar-refractivity contribution in [3.05, 3.63) is 120 Å². The lowest BCUT2D eigenvalue weighted by Gasteiger charge is -2.32. The van der Waals surface area contributed by atoms with Crippen LogP contribution in [0.3, 0.4) is 0 Å². The number of benzene rings is 2. The molecule has 4 aromatic rings. The minimum atomic E-state index is -0.112. The highest BCUT2D eigenvalue weighted by molar-refractivity contribution is 5.81. The second-order valence-corrected chi connectivity index (χ2v) is 7.25. The van der Waals surface area contributed by atoms with E-state index in [-0.39, 0.29) is 5.41 Å². The van der Waals surface area contributed by atoms with Crippen molar-refractivity contribution in [2.45, 2.75) is 18.3 Å². The molecule has 0 fully saturated rings. The minimum absolute atomic E-state index is 0.112. The number of aromatic nitrogens is 2. The summed E-state index contributed by atoms with van der Waals surface area (Å²) in [4.78, 5) is 8.73. The Morgan fingerprint density at radius 2 is 1.04 bits per heavy atom. The predicted molar refractivity (Wildman–Crippen MR) is 109 cm³/mol. The lowest BCUT2D eigenvalue weighted by molar-refractivity contribution is 0.518. The molecule has 1 aliphatic rings. The average molecular weight is 348 g/mol. The molecule has 0 amide bonds. The van der Waals surface area contributed by atoms with Gasteiger partial charge in [0.2, 0.25) is 0 Å². The molecule has 27 heavy (non-hydrogen) atoms.